The molecule has 0 saturated carbocycles. The highest BCUT2D eigenvalue weighted by Crippen LogP contribution is 2.22. The Hall–Kier alpha value is -1.51. The number of rotatable bonds is 5. The van der Waals surface area contributed by atoms with Crippen molar-refractivity contribution in [2.45, 2.75) is 47.5 Å². The Kier molecular flexibility index (Phi) is 5.87. The van der Waals surface area contributed by atoms with Gasteiger partial charge in [-0.3, -0.25) is 0 Å². The smallest absolute Gasteiger partial charge is 0.321 e. The normalized spacial score (nSPS) is 10.4. The Bertz CT molecular complexity index is 411. The minimum Gasteiger partial charge on any atom is -0.325 e. The van der Waals surface area contributed by atoms with Crippen molar-refractivity contribution < 1.29 is 4.79 Å². The van der Waals surface area contributed by atoms with E-state index in [1.54, 1.807) is 0 Å². The molecule has 1 aromatic rings. The van der Waals surface area contributed by atoms with E-state index in [1.807, 2.05) is 18.7 Å². The average molecular weight is 262 g/mol. The number of nitrogens with zero attached hydrogens (tertiary/aromatic N) is 1. The number of hydrogen-bond donors (Lipinski definition) is 1. The van der Waals surface area contributed by atoms with Crippen LogP contribution < -0.4 is 5.32 Å². The number of carbonyl (C=O) groups is 1. The third kappa shape index (κ3) is 4.27. The molecule has 2 amide bonds. The number of anilines is 1. The number of hydrogen-bond acceptors (Lipinski definition) is 1. The van der Waals surface area contributed by atoms with Crippen molar-refractivity contribution in [3.05, 3.63) is 28.8 Å². The molecule has 1 aromatic carbocycles. The molecule has 0 saturated heterocycles. The summed E-state index contributed by atoms with van der Waals surface area (Å²) >= 11 is 0. The molecule has 0 aliphatic rings. The number of nitrogens with one attached hydrogen (secondary N) is 1. The van der Waals surface area contributed by atoms with Gasteiger partial charge in [0.2, 0.25) is 0 Å². The van der Waals surface area contributed by atoms with Crippen LogP contribution in [-0.4, -0.2) is 24.0 Å². The molecule has 0 aliphatic heterocycles. The summed E-state index contributed by atoms with van der Waals surface area (Å²) in [5.41, 5.74) is 4.43. The maximum atomic E-state index is 12.3. The topological polar surface area (TPSA) is 32.3 Å². The van der Waals surface area contributed by atoms with E-state index in [9.17, 15) is 4.79 Å². The zero-order valence-corrected chi connectivity index (χ0v) is 12.8. The van der Waals surface area contributed by atoms with E-state index in [4.69, 9.17) is 0 Å². The van der Waals surface area contributed by atoms with E-state index in [0.29, 0.717) is 0 Å². The zero-order valence-electron chi connectivity index (χ0n) is 12.8. The number of urea groups is 1. The van der Waals surface area contributed by atoms with E-state index in [1.165, 1.54) is 5.56 Å². The van der Waals surface area contributed by atoms with E-state index in [-0.39, 0.29) is 6.03 Å². The standard InChI is InChI=1S/C16H26N2O/c1-6-8-18(9-7-2)16(19)17-15-13(4)10-12(3)11-14(15)5/h10-11H,6-9H2,1-5H3,(H,17,19). The maximum absolute atomic E-state index is 12.3. The van der Waals surface area contributed by atoms with Gasteiger partial charge in [-0.2, -0.15) is 0 Å². The second-order valence-corrected chi connectivity index (χ2v) is 5.19. The summed E-state index contributed by atoms with van der Waals surface area (Å²) in [5, 5.41) is 3.06. The van der Waals surface area contributed by atoms with Gasteiger partial charge in [-0.15, -0.1) is 0 Å². The number of carbonyl (C=O) groups excluding carboxylic acids is 1. The van der Waals surface area contributed by atoms with Gasteiger partial charge in [-0.25, -0.2) is 4.79 Å². The Labute approximate surface area is 117 Å². The first-order chi connectivity index (χ1) is 8.99. The lowest BCUT2D eigenvalue weighted by Gasteiger charge is -2.23. The highest BCUT2D eigenvalue weighted by Gasteiger charge is 2.14. The van der Waals surface area contributed by atoms with Crippen molar-refractivity contribution in [2.24, 2.45) is 0 Å². The Balaban J connectivity index is 2.86. The monoisotopic (exact) mass is 262 g/mol. The Morgan fingerprint density at radius 2 is 1.53 bits per heavy atom. The van der Waals surface area contributed by atoms with Crippen LogP contribution in [0.5, 0.6) is 0 Å². The second-order valence-electron chi connectivity index (χ2n) is 5.19. The predicted molar refractivity (Wildman–Crippen MR) is 81.8 cm³/mol. The molecule has 0 unspecified atom stereocenters. The van der Waals surface area contributed by atoms with Gasteiger partial charge in [-0.05, 0) is 44.7 Å². The first-order valence-electron chi connectivity index (χ1n) is 7.13. The lowest BCUT2D eigenvalue weighted by molar-refractivity contribution is 0.211. The van der Waals surface area contributed by atoms with Gasteiger partial charge in [0.1, 0.15) is 0 Å². The Morgan fingerprint density at radius 1 is 1.05 bits per heavy atom. The van der Waals surface area contributed by atoms with Crippen molar-refractivity contribution in [1.29, 1.82) is 0 Å². The van der Waals surface area contributed by atoms with E-state index in [0.717, 1.165) is 42.7 Å². The summed E-state index contributed by atoms with van der Waals surface area (Å²) in [6.07, 6.45) is 1.97. The predicted octanol–water partition coefficient (Wildman–Crippen LogP) is 4.27. The third-order valence-corrected chi connectivity index (χ3v) is 3.18. The van der Waals surface area contributed by atoms with E-state index < -0.39 is 0 Å². The minimum atomic E-state index is 0.0127. The molecule has 19 heavy (non-hydrogen) atoms. The Morgan fingerprint density at radius 3 is 1.95 bits per heavy atom. The SMILES string of the molecule is CCCN(CCC)C(=O)Nc1c(C)cc(C)cc1C. The highest BCUT2D eigenvalue weighted by atomic mass is 16.2. The first kappa shape index (κ1) is 15.5. The van der Waals surface area contributed by atoms with Crippen molar-refractivity contribution in [3.8, 4) is 0 Å². The molecule has 0 heterocycles. The summed E-state index contributed by atoms with van der Waals surface area (Å²) < 4.78 is 0. The van der Waals surface area contributed by atoms with Crippen LogP contribution in [0.2, 0.25) is 0 Å². The number of benzene rings is 1. The zero-order chi connectivity index (χ0) is 14.4. The second kappa shape index (κ2) is 7.17. The molecular weight excluding hydrogens is 236 g/mol. The van der Waals surface area contributed by atoms with Crippen LogP contribution in [0.25, 0.3) is 0 Å². The lowest BCUT2D eigenvalue weighted by Crippen LogP contribution is -2.36. The van der Waals surface area contributed by atoms with Gasteiger partial charge in [0, 0.05) is 18.8 Å². The van der Waals surface area contributed by atoms with Crippen LogP contribution in [0.4, 0.5) is 10.5 Å². The van der Waals surface area contributed by atoms with Crippen molar-refractivity contribution in [1.82, 2.24) is 4.90 Å². The summed E-state index contributed by atoms with van der Waals surface area (Å²) in [6, 6.07) is 4.22. The molecule has 0 atom stereocenters. The molecule has 0 bridgehead atoms. The first-order valence-corrected chi connectivity index (χ1v) is 7.13. The summed E-state index contributed by atoms with van der Waals surface area (Å²) in [4.78, 5) is 14.2. The molecule has 3 heteroatoms. The molecule has 1 rings (SSSR count). The fourth-order valence-electron chi connectivity index (χ4n) is 2.42. The molecule has 3 nitrogen and oxygen atoms in total. The molecular formula is C16H26N2O. The fraction of sp³-hybridized carbons (Fsp3) is 0.562. The fourth-order valence-corrected chi connectivity index (χ4v) is 2.42. The molecule has 0 radical (unpaired) electrons. The number of aryl methyl sites for hydroxylation is 3. The third-order valence-electron chi connectivity index (χ3n) is 3.18. The van der Waals surface area contributed by atoms with Crippen LogP contribution in [0, 0.1) is 20.8 Å². The summed E-state index contributed by atoms with van der Waals surface area (Å²) in [5.74, 6) is 0. The van der Waals surface area contributed by atoms with E-state index >= 15 is 0 Å². The quantitative estimate of drug-likeness (QED) is 0.844. The van der Waals surface area contributed by atoms with Crippen LogP contribution in [0.1, 0.15) is 43.4 Å². The molecule has 0 aromatic heterocycles. The van der Waals surface area contributed by atoms with Crippen LogP contribution in [0.3, 0.4) is 0 Å². The molecule has 0 fully saturated rings. The molecule has 0 aliphatic carbocycles. The number of amides is 2. The van der Waals surface area contributed by atoms with E-state index in [2.05, 4.69) is 38.2 Å². The van der Waals surface area contributed by atoms with Gasteiger partial charge in [0.25, 0.3) is 0 Å². The van der Waals surface area contributed by atoms with Crippen molar-refractivity contribution in [2.75, 3.05) is 18.4 Å². The van der Waals surface area contributed by atoms with Gasteiger partial charge in [0.15, 0.2) is 0 Å². The summed E-state index contributed by atoms with van der Waals surface area (Å²) in [7, 11) is 0. The maximum Gasteiger partial charge on any atom is 0.321 e. The van der Waals surface area contributed by atoms with Gasteiger partial charge in [-0.1, -0.05) is 31.5 Å². The van der Waals surface area contributed by atoms with Gasteiger partial charge in [0.05, 0.1) is 0 Å². The van der Waals surface area contributed by atoms with Crippen LogP contribution in [-0.2, 0) is 0 Å². The van der Waals surface area contributed by atoms with Crippen molar-refractivity contribution >= 4 is 11.7 Å². The minimum absolute atomic E-state index is 0.0127. The molecule has 0 spiro atoms. The summed E-state index contributed by atoms with van der Waals surface area (Å²) in [6.45, 7) is 12.0. The van der Waals surface area contributed by atoms with Crippen LogP contribution >= 0.6 is 0 Å². The van der Waals surface area contributed by atoms with Gasteiger partial charge >= 0.3 is 6.03 Å². The van der Waals surface area contributed by atoms with Gasteiger partial charge < -0.3 is 10.2 Å². The van der Waals surface area contributed by atoms with Crippen molar-refractivity contribution in [3.63, 3.8) is 0 Å². The average Bonchev–Trinajstić information content (AvgIpc) is 2.33. The molecule has 106 valence electrons. The lowest BCUT2D eigenvalue weighted by atomic mass is 10.1. The molecule has 1 N–H and O–H groups in total. The largest absolute Gasteiger partial charge is 0.325 e. The van der Waals surface area contributed by atoms with Crippen LogP contribution in [0.15, 0.2) is 12.1 Å². The highest BCUT2D eigenvalue weighted by molar-refractivity contribution is 5.91.